The minimum atomic E-state index is -0.212. The highest BCUT2D eigenvalue weighted by molar-refractivity contribution is 9.09. The van der Waals surface area contributed by atoms with Gasteiger partial charge in [-0.15, -0.1) is 0 Å². The van der Waals surface area contributed by atoms with Crippen molar-refractivity contribution in [2.45, 2.75) is 26.8 Å². The third kappa shape index (κ3) is 3.34. The van der Waals surface area contributed by atoms with Gasteiger partial charge in [0.15, 0.2) is 0 Å². The highest BCUT2D eigenvalue weighted by Gasteiger charge is 2.17. The lowest BCUT2D eigenvalue weighted by Gasteiger charge is -2.18. The third-order valence-corrected chi connectivity index (χ3v) is 3.33. The minimum Gasteiger partial charge on any atom is -0.351 e. The van der Waals surface area contributed by atoms with Gasteiger partial charge in [0.05, 0.1) is 5.69 Å². The second-order valence-corrected chi connectivity index (χ2v) is 4.37. The number of alkyl halides is 1. The molecule has 0 saturated carbocycles. The van der Waals surface area contributed by atoms with Gasteiger partial charge < -0.3 is 9.84 Å². The molecule has 15 heavy (non-hydrogen) atoms. The zero-order valence-electron chi connectivity index (χ0n) is 9.08. The molecule has 0 saturated heterocycles. The number of aryl methyl sites for hydroxylation is 1. The fourth-order valence-electron chi connectivity index (χ4n) is 1.02. The summed E-state index contributed by atoms with van der Waals surface area (Å²) in [6, 6.07) is 1.73. The maximum absolute atomic E-state index is 11.6. The van der Waals surface area contributed by atoms with E-state index in [9.17, 15) is 4.79 Å². The number of hydrogen-bond acceptors (Lipinski definition) is 3. The summed E-state index contributed by atoms with van der Waals surface area (Å²) in [7, 11) is 0. The molecule has 1 aromatic rings. The number of nitrogens with one attached hydrogen (secondary N) is 1. The summed E-state index contributed by atoms with van der Waals surface area (Å²) in [5.41, 5.74) is 0.710. The number of carbonyl (C=O) groups excluding carboxylic acids is 1. The standard InChI is InChI=1S/C10H15BrN2O2/c1-6(5-11)8(3)12-10(14)9-4-7(2)13-15-9/h4,6,8H,5H2,1-3H3,(H,12,14). The van der Waals surface area contributed by atoms with Crippen molar-refractivity contribution in [2.24, 2.45) is 5.92 Å². The first kappa shape index (κ1) is 12.2. The fourth-order valence-corrected chi connectivity index (χ4v) is 1.59. The summed E-state index contributed by atoms with van der Waals surface area (Å²) in [6.45, 7) is 5.81. The molecular formula is C10H15BrN2O2. The van der Waals surface area contributed by atoms with Gasteiger partial charge in [-0.2, -0.15) is 0 Å². The molecule has 1 heterocycles. The molecule has 0 fully saturated rings. The Morgan fingerprint density at radius 2 is 2.33 bits per heavy atom. The quantitative estimate of drug-likeness (QED) is 0.856. The van der Waals surface area contributed by atoms with Crippen molar-refractivity contribution in [2.75, 3.05) is 5.33 Å². The van der Waals surface area contributed by atoms with Gasteiger partial charge in [-0.05, 0) is 19.8 Å². The van der Waals surface area contributed by atoms with Crippen LogP contribution >= 0.6 is 15.9 Å². The number of nitrogens with zero attached hydrogens (tertiary/aromatic N) is 1. The first-order chi connectivity index (χ1) is 7.04. The molecule has 2 unspecified atom stereocenters. The van der Waals surface area contributed by atoms with Crippen molar-refractivity contribution >= 4 is 21.8 Å². The Morgan fingerprint density at radius 3 is 2.80 bits per heavy atom. The lowest BCUT2D eigenvalue weighted by atomic mass is 10.1. The molecule has 0 aliphatic heterocycles. The monoisotopic (exact) mass is 274 g/mol. The fraction of sp³-hybridized carbons (Fsp3) is 0.600. The number of carbonyl (C=O) groups is 1. The predicted molar refractivity (Wildman–Crippen MR) is 61.1 cm³/mol. The van der Waals surface area contributed by atoms with Crippen LogP contribution in [0.15, 0.2) is 10.6 Å². The van der Waals surface area contributed by atoms with Crippen LogP contribution in [0.1, 0.15) is 30.1 Å². The highest BCUT2D eigenvalue weighted by Crippen LogP contribution is 2.08. The summed E-state index contributed by atoms with van der Waals surface area (Å²) >= 11 is 3.38. The van der Waals surface area contributed by atoms with Gasteiger partial charge in [0.1, 0.15) is 0 Å². The van der Waals surface area contributed by atoms with E-state index in [0.29, 0.717) is 11.6 Å². The average molecular weight is 275 g/mol. The normalized spacial score (nSPS) is 14.7. The summed E-state index contributed by atoms with van der Waals surface area (Å²) < 4.78 is 4.87. The van der Waals surface area contributed by atoms with Crippen LogP contribution in [0, 0.1) is 12.8 Å². The molecule has 0 spiro atoms. The lowest BCUT2D eigenvalue weighted by Crippen LogP contribution is -2.37. The van der Waals surface area contributed by atoms with Crippen molar-refractivity contribution in [3.8, 4) is 0 Å². The van der Waals surface area contributed by atoms with E-state index in [1.807, 2.05) is 6.92 Å². The van der Waals surface area contributed by atoms with Crippen molar-refractivity contribution in [1.29, 1.82) is 0 Å². The molecule has 1 N–H and O–H groups in total. The van der Waals surface area contributed by atoms with Crippen LogP contribution in [0.2, 0.25) is 0 Å². The zero-order valence-corrected chi connectivity index (χ0v) is 10.7. The Kier molecular flexibility index (Phi) is 4.32. The average Bonchev–Trinajstić information content (AvgIpc) is 2.63. The lowest BCUT2D eigenvalue weighted by molar-refractivity contribution is 0.0893. The van der Waals surface area contributed by atoms with E-state index in [0.717, 1.165) is 5.33 Å². The van der Waals surface area contributed by atoms with E-state index in [-0.39, 0.29) is 17.7 Å². The number of hydrogen-bond donors (Lipinski definition) is 1. The molecule has 2 atom stereocenters. The van der Waals surface area contributed by atoms with E-state index in [2.05, 4.69) is 33.3 Å². The molecule has 5 heteroatoms. The maximum atomic E-state index is 11.6. The Hall–Kier alpha value is -0.840. The van der Waals surface area contributed by atoms with Gasteiger partial charge in [0.2, 0.25) is 5.76 Å². The molecule has 1 amide bonds. The molecular weight excluding hydrogens is 260 g/mol. The molecule has 0 aliphatic carbocycles. The molecule has 0 radical (unpaired) electrons. The van der Waals surface area contributed by atoms with Crippen LogP contribution in [0.25, 0.3) is 0 Å². The SMILES string of the molecule is Cc1cc(C(=O)NC(C)C(C)CBr)on1. The Morgan fingerprint density at radius 1 is 1.67 bits per heavy atom. The summed E-state index contributed by atoms with van der Waals surface area (Å²) in [4.78, 5) is 11.6. The van der Waals surface area contributed by atoms with Gasteiger partial charge in [0.25, 0.3) is 5.91 Å². The van der Waals surface area contributed by atoms with Crippen LogP contribution in [0.5, 0.6) is 0 Å². The van der Waals surface area contributed by atoms with Gasteiger partial charge in [-0.3, -0.25) is 4.79 Å². The topological polar surface area (TPSA) is 55.1 Å². The molecule has 84 valence electrons. The van der Waals surface area contributed by atoms with Crippen molar-refractivity contribution in [3.05, 3.63) is 17.5 Å². The number of halogens is 1. The Balaban J connectivity index is 2.56. The van der Waals surface area contributed by atoms with Crippen LogP contribution in [-0.2, 0) is 0 Å². The van der Waals surface area contributed by atoms with Crippen molar-refractivity contribution in [3.63, 3.8) is 0 Å². The Labute approximate surface area is 97.5 Å². The van der Waals surface area contributed by atoms with Crippen LogP contribution in [0.4, 0.5) is 0 Å². The number of rotatable bonds is 4. The second-order valence-electron chi connectivity index (χ2n) is 3.73. The van der Waals surface area contributed by atoms with Crippen LogP contribution in [-0.4, -0.2) is 22.4 Å². The minimum absolute atomic E-state index is 0.0993. The second kappa shape index (κ2) is 5.30. The molecule has 0 aromatic carbocycles. The molecule has 4 nitrogen and oxygen atoms in total. The van der Waals surface area contributed by atoms with Crippen LogP contribution in [0.3, 0.4) is 0 Å². The first-order valence-corrected chi connectivity index (χ1v) is 5.97. The van der Waals surface area contributed by atoms with Gasteiger partial charge in [-0.25, -0.2) is 0 Å². The zero-order chi connectivity index (χ0) is 11.4. The van der Waals surface area contributed by atoms with Crippen LogP contribution < -0.4 is 5.32 Å². The number of aromatic nitrogens is 1. The van der Waals surface area contributed by atoms with Gasteiger partial charge >= 0.3 is 0 Å². The van der Waals surface area contributed by atoms with E-state index in [4.69, 9.17) is 4.52 Å². The van der Waals surface area contributed by atoms with Crippen molar-refractivity contribution < 1.29 is 9.32 Å². The third-order valence-electron chi connectivity index (χ3n) is 2.31. The first-order valence-electron chi connectivity index (χ1n) is 4.84. The van der Waals surface area contributed by atoms with E-state index < -0.39 is 0 Å². The smallest absolute Gasteiger partial charge is 0.290 e. The van der Waals surface area contributed by atoms with Gasteiger partial charge in [-0.1, -0.05) is 28.0 Å². The summed E-state index contributed by atoms with van der Waals surface area (Å²) in [5.74, 6) is 0.426. The van der Waals surface area contributed by atoms with Gasteiger partial charge in [0, 0.05) is 17.4 Å². The summed E-state index contributed by atoms with van der Waals surface area (Å²) in [5, 5.41) is 7.37. The van der Waals surface area contributed by atoms with E-state index in [1.165, 1.54) is 0 Å². The largest absolute Gasteiger partial charge is 0.351 e. The van der Waals surface area contributed by atoms with Crippen molar-refractivity contribution in [1.82, 2.24) is 10.5 Å². The molecule has 0 aliphatic rings. The highest BCUT2D eigenvalue weighted by atomic mass is 79.9. The molecule has 1 rings (SSSR count). The molecule has 1 aromatic heterocycles. The maximum Gasteiger partial charge on any atom is 0.290 e. The molecule has 0 bridgehead atoms. The van der Waals surface area contributed by atoms with E-state index >= 15 is 0 Å². The predicted octanol–water partition coefficient (Wildman–Crippen LogP) is 2.13. The summed E-state index contributed by atoms with van der Waals surface area (Å²) in [6.07, 6.45) is 0. The Bertz CT molecular complexity index is 338. The number of amides is 1. The van der Waals surface area contributed by atoms with E-state index in [1.54, 1.807) is 13.0 Å².